The zero-order valence-electron chi connectivity index (χ0n) is 11.9. The highest BCUT2D eigenvalue weighted by Gasteiger charge is 2.30. The summed E-state index contributed by atoms with van der Waals surface area (Å²) >= 11 is 0. The van der Waals surface area contributed by atoms with Gasteiger partial charge in [-0.2, -0.15) is 0 Å². The van der Waals surface area contributed by atoms with Gasteiger partial charge >= 0.3 is 5.97 Å². The number of carbonyl (C=O) groups is 2. The average Bonchev–Trinajstić information content (AvgIpc) is 2.23. The number of Topliss-reactive ketones (excluding diaryl/α,β-unsaturated/α-hetero) is 1. The zero-order chi connectivity index (χ0) is 13.9. The topological polar surface area (TPSA) is 43.4 Å². The maximum atomic E-state index is 11.7. The molecule has 1 unspecified atom stereocenters. The summed E-state index contributed by atoms with van der Waals surface area (Å²) in [6.07, 6.45) is 4.98. The molecule has 0 spiro atoms. The molecule has 0 heterocycles. The number of rotatable bonds is 3. The molecule has 1 aliphatic rings. The lowest BCUT2D eigenvalue weighted by atomic mass is 9.72. The molecule has 0 amide bonds. The standard InChI is InChI=1S/C15H22O3/c1-10(18-12(3)16)6-7-13-11(2)14(17)8-9-15(13,4)5/h6-7,10H,8-9H2,1-5H3/b7-6+. The molecule has 0 aromatic rings. The van der Waals surface area contributed by atoms with E-state index in [1.54, 1.807) is 0 Å². The van der Waals surface area contributed by atoms with Crippen molar-refractivity contribution in [3.63, 3.8) is 0 Å². The van der Waals surface area contributed by atoms with E-state index in [9.17, 15) is 9.59 Å². The monoisotopic (exact) mass is 250 g/mol. The average molecular weight is 250 g/mol. The van der Waals surface area contributed by atoms with E-state index in [4.69, 9.17) is 4.74 Å². The predicted octanol–water partition coefficient (Wildman–Crippen LogP) is 3.20. The van der Waals surface area contributed by atoms with Crippen LogP contribution in [0.5, 0.6) is 0 Å². The van der Waals surface area contributed by atoms with Crippen LogP contribution in [0.4, 0.5) is 0 Å². The number of ether oxygens (including phenoxy) is 1. The molecule has 0 fully saturated rings. The summed E-state index contributed by atoms with van der Waals surface area (Å²) in [4.78, 5) is 22.6. The van der Waals surface area contributed by atoms with E-state index >= 15 is 0 Å². The van der Waals surface area contributed by atoms with Crippen molar-refractivity contribution in [2.45, 2.75) is 53.6 Å². The third kappa shape index (κ3) is 3.56. The minimum absolute atomic E-state index is 0.00440. The van der Waals surface area contributed by atoms with Crippen molar-refractivity contribution >= 4 is 11.8 Å². The number of hydrogen-bond acceptors (Lipinski definition) is 3. The Morgan fingerprint density at radius 3 is 2.61 bits per heavy atom. The SMILES string of the molecule is CC(=O)OC(C)/C=C/C1=C(C)C(=O)CCC1(C)C. The van der Waals surface area contributed by atoms with Crippen LogP contribution >= 0.6 is 0 Å². The van der Waals surface area contributed by atoms with Crippen molar-refractivity contribution in [3.8, 4) is 0 Å². The lowest BCUT2D eigenvalue weighted by molar-refractivity contribution is -0.143. The van der Waals surface area contributed by atoms with Crippen LogP contribution in [0.15, 0.2) is 23.3 Å². The highest BCUT2D eigenvalue weighted by molar-refractivity contribution is 5.97. The summed E-state index contributed by atoms with van der Waals surface area (Å²) in [6.45, 7) is 9.35. The van der Waals surface area contributed by atoms with Gasteiger partial charge in [-0.25, -0.2) is 0 Å². The second-order valence-corrected chi connectivity index (χ2v) is 5.52. The minimum atomic E-state index is -0.295. The van der Waals surface area contributed by atoms with Crippen molar-refractivity contribution < 1.29 is 14.3 Å². The molecule has 0 aliphatic heterocycles. The van der Waals surface area contributed by atoms with Crippen molar-refractivity contribution in [2.75, 3.05) is 0 Å². The summed E-state index contributed by atoms with van der Waals surface area (Å²) in [7, 11) is 0. The largest absolute Gasteiger partial charge is 0.459 e. The van der Waals surface area contributed by atoms with Crippen LogP contribution in [0.25, 0.3) is 0 Å². The lowest BCUT2D eigenvalue weighted by Gasteiger charge is -2.32. The third-order valence-corrected chi connectivity index (χ3v) is 3.41. The van der Waals surface area contributed by atoms with Crippen LogP contribution in [-0.4, -0.2) is 17.9 Å². The van der Waals surface area contributed by atoms with E-state index in [-0.39, 0.29) is 23.3 Å². The van der Waals surface area contributed by atoms with E-state index in [1.807, 2.05) is 26.0 Å². The minimum Gasteiger partial charge on any atom is -0.459 e. The summed E-state index contributed by atoms with van der Waals surface area (Å²) in [5, 5.41) is 0. The molecule has 18 heavy (non-hydrogen) atoms. The fraction of sp³-hybridized carbons (Fsp3) is 0.600. The van der Waals surface area contributed by atoms with E-state index in [1.165, 1.54) is 6.92 Å². The van der Waals surface area contributed by atoms with Crippen molar-refractivity contribution in [3.05, 3.63) is 23.3 Å². The molecule has 3 nitrogen and oxygen atoms in total. The van der Waals surface area contributed by atoms with Crippen molar-refractivity contribution in [1.29, 1.82) is 0 Å². The quantitative estimate of drug-likeness (QED) is 0.722. The molecule has 1 aliphatic carbocycles. The van der Waals surface area contributed by atoms with Gasteiger partial charge in [-0.05, 0) is 42.9 Å². The molecule has 0 bridgehead atoms. The fourth-order valence-corrected chi connectivity index (χ4v) is 2.29. The van der Waals surface area contributed by atoms with Gasteiger partial charge in [0.1, 0.15) is 6.10 Å². The first-order valence-electron chi connectivity index (χ1n) is 6.34. The molecule has 0 aromatic carbocycles. The molecule has 0 N–H and O–H groups in total. The number of hydrogen-bond donors (Lipinski definition) is 0. The molecule has 0 saturated carbocycles. The highest BCUT2D eigenvalue weighted by atomic mass is 16.5. The van der Waals surface area contributed by atoms with Crippen LogP contribution in [0.2, 0.25) is 0 Å². The van der Waals surface area contributed by atoms with Crippen LogP contribution in [-0.2, 0) is 14.3 Å². The van der Waals surface area contributed by atoms with Crippen molar-refractivity contribution in [2.24, 2.45) is 5.41 Å². The normalized spacial score (nSPS) is 21.3. The maximum absolute atomic E-state index is 11.7. The van der Waals surface area contributed by atoms with Crippen LogP contribution in [0.3, 0.4) is 0 Å². The number of carbonyl (C=O) groups excluding carboxylic acids is 2. The Labute approximate surface area is 109 Å². The molecule has 1 atom stereocenters. The van der Waals surface area contributed by atoms with Gasteiger partial charge in [0.05, 0.1) is 0 Å². The number of allylic oxidation sites excluding steroid dienone is 3. The van der Waals surface area contributed by atoms with Gasteiger partial charge in [0.25, 0.3) is 0 Å². The van der Waals surface area contributed by atoms with Gasteiger partial charge in [0.15, 0.2) is 5.78 Å². The van der Waals surface area contributed by atoms with Crippen molar-refractivity contribution in [1.82, 2.24) is 0 Å². The Morgan fingerprint density at radius 2 is 2.06 bits per heavy atom. The summed E-state index contributed by atoms with van der Waals surface area (Å²) in [5.74, 6) is -0.0778. The summed E-state index contributed by atoms with van der Waals surface area (Å²) in [5.41, 5.74) is 1.89. The molecule has 0 radical (unpaired) electrons. The zero-order valence-corrected chi connectivity index (χ0v) is 11.9. The molecule has 0 aromatic heterocycles. The molecule has 100 valence electrons. The van der Waals surface area contributed by atoms with Gasteiger partial charge in [0, 0.05) is 13.3 Å². The lowest BCUT2D eigenvalue weighted by Crippen LogP contribution is -2.24. The first kappa shape index (κ1) is 14.7. The Bertz CT molecular complexity index is 413. The van der Waals surface area contributed by atoms with Gasteiger partial charge in [-0.15, -0.1) is 0 Å². The van der Waals surface area contributed by atoms with Gasteiger partial charge < -0.3 is 4.74 Å². The maximum Gasteiger partial charge on any atom is 0.303 e. The highest BCUT2D eigenvalue weighted by Crippen LogP contribution is 2.39. The van der Waals surface area contributed by atoms with Crippen LogP contribution < -0.4 is 0 Å². The van der Waals surface area contributed by atoms with Crippen LogP contribution in [0.1, 0.15) is 47.5 Å². The molecule has 0 saturated heterocycles. The Hall–Kier alpha value is -1.38. The molecular formula is C15H22O3. The number of ketones is 1. The van der Waals surface area contributed by atoms with Gasteiger partial charge in [-0.1, -0.05) is 19.9 Å². The summed E-state index contributed by atoms with van der Waals surface area (Å²) in [6, 6.07) is 0. The second kappa shape index (κ2) is 5.51. The fourth-order valence-electron chi connectivity index (χ4n) is 2.29. The van der Waals surface area contributed by atoms with E-state index in [0.29, 0.717) is 6.42 Å². The molecule has 3 heteroatoms. The third-order valence-electron chi connectivity index (χ3n) is 3.41. The first-order valence-corrected chi connectivity index (χ1v) is 6.34. The molecular weight excluding hydrogens is 228 g/mol. The second-order valence-electron chi connectivity index (χ2n) is 5.52. The van der Waals surface area contributed by atoms with E-state index in [0.717, 1.165) is 17.6 Å². The Kier molecular flexibility index (Phi) is 4.49. The smallest absolute Gasteiger partial charge is 0.303 e. The van der Waals surface area contributed by atoms with E-state index < -0.39 is 0 Å². The Morgan fingerprint density at radius 1 is 1.44 bits per heavy atom. The Balaban J connectivity index is 2.92. The number of esters is 1. The van der Waals surface area contributed by atoms with Crippen LogP contribution in [0, 0.1) is 5.41 Å². The predicted molar refractivity (Wildman–Crippen MR) is 71.1 cm³/mol. The van der Waals surface area contributed by atoms with Gasteiger partial charge in [0.2, 0.25) is 0 Å². The van der Waals surface area contributed by atoms with E-state index in [2.05, 4.69) is 13.8 Å². The molecule has 1 rings (SSSR count). The van der Waals surface area contributed by atoms with Gasteiger partial charge in [-0.3, -0.25) is 9.59 Å². The first-order chi connectivity index (χ1) is 8.24. The summed E-state index contributed by atoms with van der Waals surface area (Å²) < 4.78 is 5.04.